The van der Waals surface area contributed by atoms with Gasteiger partial charge in [0, 0.05) is 52.0 Å². The van der Waals surface area contributed by atoms with Crippen LogP contribution in [-0.2, 0) is 0 Å². The Morgan fingerprint density at radius 1 is 0.284 bits per heavy atom. The zero-order valence-corrected chi connectivity index (χ0v) is 46.5. The molecule has 0 atom stereocenters. The zero-order valence-electron chi connectivity index (χ0n) is 40.2. The number of anilines is 6. The summed E-state index contributed by atoms with van der Waals surface area (Å²) in [5.41, 5.74) is 23.0. The van der Waals surface area contributed by atoms with E-state index in [0.29, 0.717) is 0 Å². The van der Waals surface area contributed by atoms with Crippen LogP contribution in [0.3, 0.4) is 0 Å². The molecule has 0 aromatic heterocycles. The summed E-state index contributed by atoms with van der Waals surface area (Å²) in [6, 6.07) is 77.9. The molecule has 0 unspecified atom stereocenters. The molecule has 0 spiro atoms. The summed E-state index contributed by atoms with van der Waals surface area (Å²) in [5.74, 6) is 1.62. The van der Waals surface area contributed by atoms with Crippen molar-refractivity contribution in [3.05, 3.63) is 270 Å². The van der Waals surface area contributed by atoms with E-state index in [1.807, 2.05) is 24.3 Å². The van der Waals surface area contributed by atoms with Crippen LogP contribution in [0.2, 0.25) is 0 Å². The van der Waals surface area contributed by atoms with Crippen LogP contribution in [0.1, 0.15) is 33.4 Å². The molecule has 0 saturated heterocycles. The van der Waals surface area contributed by atoms with Crippen molar-refractivity contribution in [3.63, 3.8) is 0 Å². The lowest BCUT2D eigenvalue weighted by Crippen LogP contribution is -2.10. The lowest BCUT2D eigenvalue weighted by Gasteiger charge is -2.26. The Hall–Kier alpha value is -7.20. The third kappa shape index (κ3) is 9.26. The topological polar surface area (TPSA) is 24.9 Å². The van der Waals surface area contributed by atoms with Crippen LogP contribution in [0.5, 0.6) is 11.5 Å². The number of halogens is 4. The smallest absolute Gasteiger partial charge is 0.119 e. The highest BCUT2D eigenvalue weighted by molar-refractivity contribution is 9.11. The van der Waals surface area contributed by atoms with Gasteiger partial charge in [0.1, 0.15) is 11.5 Å². The maximum absolute atomic E-state index is 5.56. The SMILES string of the molecule is COc1ccc(N(c2ccc(C=C3c4cc(Br)ccc4-c4ccc(Br)cc43)cc2)c2ccc(-c3ccc(N(c4ccc(C=C5c6cc(Br)ccc6-c6ccc(Br)cc65)cc4)c4ccc(OC)cc4)cc3)cc2)cc1. The standard InChI is InChI=1S/C66H44Br4N2O2/c1-73-55-27-23-53(24-28-55)71(49-15-3-41(4-16-49)35-61-63-37-45(67)11-31-57(63)58-32-12-46(68)38-64(58)61)51-19-7-43(8-20-51)44-9-21-52(22-10-44)72(54-25-29-56(74-2)30-26-54)50-17-5-42(6-18-50)36-62-65-39-47(69)13-33-59(65)60-34-14-48(70)40-66(60)62/h3-40H,1-2H3. The minimum Gasteiger partial charge on any atom is -0.497 e. The first-order valence-electron chi connectivity index (χ1n) is 24.1. The van der Waals surface area contributed by atoms with Gasteiger partial charge in [-0.05, 0) is 236 Å². The first-order chi connectivity index (χ1) is 36.2. The molecular formula is C66H44Br4N2O2. The number of ether oxygens (including phenoxy) is 2. The molecule has 12 rings (SSSR count). The maximum Gasteiger partial charge on any atom is 0.119 e. The van der Waals surface area contributed by atoms with Gasteiger partial charge in [-0.3, -0.25) is 0 Å². The molecule has 0 N–H and O–H groups in total. The maximum atomic E-state index is 5.56. The summed E-state index contributed by atoms with van der Waals surface area (Å²) in [6.45, 7) is 0. The molecule has 0 saturated carbocycles. The summed E-state index contributed by atoms with van der Waals surface area (Å²) in [6.07, 6.45) is 4.59. The Labute approximate surface area is 465 Å². The number of hydrogen-bond acceptors (Lipinski definition) is 4. The van der Waals surface area contributed by atoms with Crippen LogP contribution in [0.4, 0.5) is 34.1 Å². The van der Waals surface area contributed by atoms with Crippen LogP contribution in [0.25, 0.3) is 56.7 Å². The van der Waals surface area contributed by atoms with Crippen molar-refractivity contribution in [2.75, 3.05) is 24.0 Å². The molecule has 10 aromatic rings. The Bertz CT molecular complexity index is 3450. The lowest BCUT2D eigenvalue weighted by atomic mass is 10.0. The summed E-state index contributed by atoms with van der Waals surface area (Å²) < 4.78 is 15.4. The number of nitrogens with zero attached hydrogens (tertiary/aromatic N) is 2. The summed E-state index contributed by atoms with van der Waals surface area (Å²) in [5, 5.41) is 0. The molecule has 8 heteroatoms. The molecule has 2 aliphatic carbocycles. The van der Waals surface area contributed by atoms with Crippen molar-refractivity contribution < 1.29 is 9.47 Å². The normalized spacial score (nSPS) is 11.9. The van der Waals surface area contributed by atoms with Crippen molar-refractivity contribution in [3.8, 4) is 44.9 Å². The summed E-state index contributed by atoms with van der Waals surface area (Å²) in [4.78, 5) is 4.57. The molecule has 0 amide bonds. The number of rotatable bonds is 11. The third-order valence-corrected chi connectivity index (χ3v) is 15.8. The van der Waals surface area contributed by atoms with Gasteiger partial charge in [0.15, 0.2) is 0 Å². The van der Waals surface area contributed by atoms with E-state index in [4.69, 9.17) is 9.47 Å². The summed E-state index contributed by atoms with van der Waals surface area (Å²) >= 11 is 14.9. The highest BCUT2D eigenvalue weighted by Gasteiger charge is 2.26. The van der Waals surface area contributed by atoms with E-state index in [2.05, 4.69) is 280 Å². The largest absolute Gasteiger partial charge is 0.497 e. The van der Waals surface area contributed by atoms with Gasteiger partial charge in [-0.25, -0.2) is 0 Å². The monoisotopic (exact) mass is 1210 g/mol. The summed E-state index contributed by atoms with van der Waals surface area (Å²) in [7, 11) is 3.40. The molecule has 358 valence electrons. The van der Waals surface area contributed by atoms with Gasteiger partial charge in [0.25, 0.3) is 0 Å². The predicted octanol–water partition coefficient (Wildman–Crippen LogP) is 20.5. The molecule has 4 nitrogen and oxygen atoms in total. The Kier molecular flexibility index (Phi) is 13.1. The molecule has 0 heterocycles. The van der Waals surface area contributed by atoms with Crippen LogP contribution in [-0.4, -0.2) is 14.2 Å². The number of hydrogen-bond donors (Lipinski definition) is 0. The zero-order chi connectivity index (χ0) is 50.5. The Balaban J connectivity index is 0.840. The first-order valence-corrected chi connectivity index (χ1v) is 27.3. The van der Waals surface area contributed by atoms with E-state index in [0.717, 1.165) is 85.8 Å². The van der Waals surface area contributed by atoms with Gasteiger partial charge >= 0.3 is 0 Å². The highest BCUT2D eigenvalue weighted by Crippen LogP contribution is 2.49. The van der Waals surface area contributed by atoms with E-state index < -0.39 is 0 Å². The number of benzene rings is 10. The van der Waals surface area contributed by atoms with Crippen LogP contribution < -0.4 is 19.3 Å². The van der Waals surface area contributed by atoms with E-state index in [9.17, 15) is 0 Å². The van der Waals surface area contributed by atoms with Gasteiger partial charge < -0.3 is 19.3 Å². The van der Waals surface area contributed by atoms with Crippen molar-refractivity contribution in [2.24, 2.45) is 0 Å². The van der Waals surface area contributed by atoms with Gasteiger partial charge in [0.2, 0.25) is 0 Å². The first kappa shape index (κ1) is 47.8. The van der Waals surface area contributed by atoms with E-state index in [1.54, 1.807) is 14.2 Å². The molecule has 0 radical (unpaired) electrons. The average molecular weight is 1220 g/mol. The third-order valence-electron chi connectivity index (χ3n) is 13.8. The second-order valence-electron chi connectivity index (χ2n) is 18.2. The lowest BCUT2D eigenvalue weighted by molar-refractivity contribution is 0.414. The molecule has 0 bridgehead atoms. The predicted molar refractivity (Wildman–Crippen MR) is 323 cm³/mol. The fraction of sp³-hybridized carbons (Fsp3) is 0.0303. The highest BCUT2D eigenvalue weighted by atomic mass is 79.9. The molecule has 0 fully saturated rings. The van der Waals surface area contributed by atoms with E-state index >= 15 is 0 Å². The number of methoxy groups -OCH3 is 2. The Morgan fingerprint density at radius 3 is 0.784 bits per heavy atom. The fourth-order valence-electron chi connectivity index (χ4n) is 10.2. The van der Waals surface area contributed by atoms with Crippen molar-refractivity contribution in [2.45, 2.75) is 0 Å². The minimum absolute atomic E-state index is 0.810. The van der Waals surface area contributed by atoms with Crippen LogP contribution >= 0.6 is 63.7 Å². The molecule has 10 aromatic carbocycles. The van der Waals surface area contributed by atoms with E-state index in [-0.39, 0.29) is 0 Å². The van der Waals surface area contributed by atoms with Crippen molar-refractivity contribution in [1.82, 2.24) is 0 Å². The van der Waals surface area contributed by atoms with Gasteiger partial charge in [-0.2, -0.15) is 0 Å². The van der Waals surface area contributed by atoms with E-state index in [1.165, 1.54) is 55.7 Å². The average Bonchev–Trinajstić information content (AvgIpc) is 3.89. The van der Waals surface area contributed by atoms with Crippen molar-refractivity contribution in [1.29, 1.82) is 0 Å². The number of fused-ring (bicyclic) bond motifs is 6. The quantitative estimate of drug-likeness (QED) is 0.129. The van der Waals surface area contributed by atoms with Gasteiger partial charge in [-0.15, -0.1) is 0 Å². The van der Waals surface area contributed by atoms with Crippen LogP contribution in [0, 0.1) is 0 Å². The fourth-order valence-corrected chi connectivity index (χ4v) is 11.7. The Morgan fingerprint density at radius 2 is 0.527 bits per heavy atom. The second-order valence-corrected chi connectivity index (χ2v) is 21.9. The molecule has 0 aliphatic heterocycles. The van der Waals surface area contributed by atoms with Gasteiger partial charge in [0.05, 0.1) is 14.2 Å². The van der Waals surface area contributed by atoms with Crippen LogP contribution in [0.15, 0.2) is 236 Å². The molecule has 74 heavy (non-hydrogen) atoms. The molecular weight excluding hydrogens is 1170 g/mol. The second kappa shape index (κ2) is 20.3. The molecule has 2 aliphatic rings. The minimum atomic E-state index is 0.810. The van der Waals surface area contributed by atoms with Gasteiger partial charge in [-0.1, -0.05) is 137 Å². The van der Waals surface area contributed by atoms with Crippen molar-refractivity contribution >= 4 is 121 Å².